The van der Waals surface area contributed by atoms with E-state index in [4.69, 9.17) is 9.47 Å². The Kier molecular flexibility index (Phi) is 6.16. The van der Waals surface area contributed by atoms with E-state index in [1.54, 1.807) is 20.5 Å². The molecule has 0 fully saturated rings. The molecule has 0 atom stereocenters. The van der Waals surface area contributed by atoms with Crippen LogP contribution in [0.1, 0.15) is 11.4 Å². The molecule has 0 radical (unpaired) electrons. The van der Waals surface area contributed by atoms with Crippen molar-refractivity contribution in [3.63, 3.8) is 0 Å². The predicted octanol–water partition coefficient (Wildman–Crippen LogP) is 1.83. The summed E-state index contributed by atoms with van der Waals surface area (Å²) in [5.74, 6) is 1.72. The molecule has 0 aliphatic rings. The van der Waals surface area contributed by atoms with Crippen LogP contribution in [0.2, 0.25) is 0 Å². The normalized spacial score (nSPS) is 10.8. The number of nitrogens with zero attached hydrogens (tertiary/aromatic N) is 3. The van der Waals surface area contributed by atoms with E-state index < -0.39 is 0 Å². The molecule has 0 saturated carbocycles. The van der Waals surface area contributed by atoms with Crippen LogP contribution < -0.4 is 10.1 Å². The fraction of sp³-hybridized carbons (Fsp3) is 0.429. The quantitative estimate of drug-likeness (QED) is 0.732. The van der Waals surface area contributed by atoms with E-state index in [1.807, 2.05) is 22.9 Å². The molecule has 114 valence electrons. The van der Waals surface area contributed by atoms with Crippen molar-refractivity contribution < 1.29 is 9.47 Å². The zero-order valence-corrected chi connectivity index (χ0v) is 13.8. The highest BCUT2D eigenvalue weighted by atomic mass is 79.9. The van der Waals surface area contributed by atoms with Gasteiger partial charge in [-0.3, -0.25) is 0 Å². The van der Waals surface area contributed by atoms with Crippen LogP contribution in [0.15, 0.2) is 29.0 Å². The summed E-state index contributed by atoms with van der Waals surface area (Å²) in [7, 11) is 3.34. The van der Waals surface area contributed by atoms with Crippen molar-refractivity contribution in [2.24, 2.45) is 0 Å². The van der Waals surface area contributed by atoms with E-state index in [9.17, 15) is 0 Å². The lowest BCUT2D eigenvalue weighted by molar-refractivity contribution is 0.198. The molecule has 1 aromatic carbocycles. The second kappa shape index (κ2) is 8.11. The summed E-state index contributed by atoms with van der Waals surface area (Å²) in [4.78, 5) is 4.28. The summed E-state index contributed by atoms with van der Waals surface area (Å²) < 4.78 is 13.0. The molecule has 0 bridgehead atoms. The summed E-state index contributed by atoms with van der Waals surface area (Å²) in [6.45, 7) is 2.81. The molecular weight excluding hydrogens is 336 g/mol. The van der Waals surface area contributed by atoms with Gasteiger partial charge in [-0.25, -0.2) is 9.67 Å². The summed E-state index contributed by atoms with van der Waals surface area (Å²) in [5.41, 5.74) is 1.13. The Morgan fingerprint density at radius 2 is 2.19 bits per heavy atom. The fourth-order valence-corrected chi connectivity index (χ4v) is 2.50. The maximum absolute atomic E-state index is 5.23. The Hall–Kier alpha value is -1.44. The van der Waals surface area contributed by atoms with Crippen LogP contribution in [0.25, 0.3) is 0 Å². The molecule has 2 rings (SSSR count). The number of benzene rings is 1. The average Bonchev–Trinajstić information content (AvgIpc) is 2.91. The third-order valence-electron chi connectivity index (χ3n) is 3.01. The largest absolute Gasteiger partial charge is 0.496 e. The van der Waals surface area contributed by atoms with Crippen molar-refractivity contribution in [1.29, 1.82) is 0 Å². The van der Waals surface area contributed by atoms with Gasteiger partial charge in [0.2, 0.25) is 0 Å². The molecule has 0 aliphatic carbocycles. The number of halogens is 1. The molecule has 1 heterocycles. The minimum Gasteiger partial charge on any atom is -0.496 e. The standard InChI is InChI=1S/C14H19BrN4O2/c1-20-6-5-16-8-14-17-10-18-19(14)9-11-3-4-13(21-2)12(15)7-11/h3-4,7,10,16H,5-6,8-9H2,1-2H3. The SMILES string of the molecule is COCCNCc1ncnn1Cc1ccc(OC)c(Br)c1. The molecule has 0 aliphatic heterocycles. The van der Waals surface area contributed by atoms with Gasteiger partial charge in [-0.2, -0.15) is 5.10 Å². The van der Waals surface area contributed by atoms with Gasteiger partial charge in [-0.05, 0) is 33.6 Å². The first-order valence-corrected chi connectivity index (χ1v) is 7.42. The van der Waals surface area contributed by atoms with E-state index in [0.29, 0.717) is 19.7 Å². The molecule has 2 aromatic rings. The van der Waals surface area contributed by atoms with Gasteiger partial charge in [0.05, 0.1) is 31.3 Å². The first-order chi connectivity index (χ1) is 10.2. The summed E-state index contributed by atoms with van der Waals surface area (Å²) >= 11 is 3.49. The number of aromatic nitrogens is 3. The molecule has 6 nitrogen and oxygen atoms in total. The minimum absolute atomic E-state index is 0.667. The third kappa shape index (κ3) is 4.52. The van der Waals surface area contributed by atoms with E-state index in [2.05, 4.69) is 31.3 Å². The Morgan fingerprint density at radius 1 is 1.33 bits per heavy atom. The van der Waals surface area contributed by atoms with Crippen molar-refractivity contribution in [2.75, 3.05) is 27.4 Å². The van der Waals surface area contributed by atoms with Crippen LogP contribution in [0.4, 0.5) is 0 Å². The molecule has 0 unspecified atom stereocenters. The van der Waals surface area contributed by atoms with E-state index in [0.717, 1.165) is 28.2 Å². The molecule has 0 amide bonds. The topological polar surface area (TPSA) is 61.2 Å². The highest BCUT2D eigenvalue weighted by Gasteiger charge is 2.07. The maximum Gasteiger partial charge on any atom is 0.141 e. The molecular formula is C14H19BrN4O2. The zero-order chi connectivity index (χ0) is 15.1. The van der Waals surface area contributed by atoms with Crippen LogP contribution in [0, 0.1) is 0 Å². The Balaban J connectivity index is 1.99. The second-order valence-corrected chi connectivity index (χ2v) is 5.33. The molecule has 21 heavy (non-hydrogen) atoms. The van der Waals surface area contributed by atoms with Crippen LogP contribution in [0.5, 0.6) is 5.75 Å². The van der Waals surface area contributed by atoms with E-state index >= 15 is 0 Å². The van der Waals surface area contributed by atoms with Gasteiger partial charge in [0.15, 0.2) is 0 Å². The van der Waals surface area contributed by atoms with Gasteiger partial charge >= 0.3 is 0 Å². The van der Waals surface area contributed by atoms with Crippen molar-refractivity contribution in [3.8, 4) is 5.75 Å². The maximum atomic E-state index is 5.23. The number of hydrogen-bond donors (Lipinski definition) is 1. The Labute approximate surface area is 132 Å². The summed E-state index contributed by atoms with van der Waals surface area (Å²) in [6, 6.07) is 5.99. The lowest BCUT2D eigenvalue weighted by Gasteiger charge is -2.09. The lowest BCUT2D eigenvalue weighted by Crippen LogP contribution is -2.21. The Morgan fingerprint density at radius 3 is 2.90 bits per heavy atom. The van der Waals surface area contributed by atoms with Crippen molar-refractivity contribution >= 4 is 15.9 Å². The van der Waals surface area contributed by atoms with Gasteiger partial charge in [-0.15, -0.1) is 0 Å². The fourth-order valence-electron chi connectivity index (χ4n) is 1.91. The van der Waals surface area contributed by atoms with Gasteiger partial charge < -0.3 is 14.8 Å². The number of rotatable bonds is 8. The van der Waals surface area contributed by atoms with Gasteiger partial charge in [0, 0.05) is 13.7 Å². The van der Waals surface area contributed by atoms with Crippen molar-refractivity contribution in [2.45, 2.75) is 13.1 Å². The third-order valence-corrected chi connectivity index (χ3v) is 3.63. The first-order valence-electron chi connectivity index (χ1n) is 6.63. The van der Waals surface area contributed by atoms with Crippen LogP contribution >= 0.6 is 15.9 Å². The molecule has 0 spiro atoms. The van der Waals surface area contributed by atoms with Crippen LogP contribution in [-0.2, 0) is 17.8 Å². The molecule has 1 aromatic heterocycles. The average molecular weight is 355 g/mol. The molecule has 0 saturated heterocycles. The summed E-state index contributed by atoms with van der Waals surface area (Å²) in [6.07, 6.45) is 1.58. The number of hydrogen-bond acceptors (Lipinski definition) is 5. The monoisotopic (exact) mass is 354 g/mol. The second-order valence-electron chi connectivity index (χ2n) is 4.47. The number of nitrogens with one attached hydrogen (secondary N) is 1. The van der Waals surface area contributed by atoms with Gasteiger partial charge in [0.1, 0.15) is 17.9 Å². The van der Waals surface area contributed by atoms with Crippen molar-refractivity contribution in [1.82, 2.24) is 20.1 Å². The van der Waals surface area contributed by atoms with Crippen LogP contribution in [-0.4, -0.2) is 42.1 Å². The zero-order valence-electron chi connectivity index (χ0n) is 12.2. The highest BCUT2D eigenvalue weighted by molar-refractivity contribution is 9.10. The van der Waals surface area contributed by atoms with Crippen LogP contribution in [0.3, 0.4) is 0 Å². The number of ether oxygens (including phenoxy) is 2. The summed E-state index contributed by atoms with van der Waals surface area (Å²) in [5, 5.41) is 7.54. The minimum atomic E-state index is 0.667. The molecule has 1 N–H and O–H groups in total. The van der Waals surface area contributed by atoms with Crippen molar-refractivity contribution in [3.05, 3.63) is 40.4 Å². The predicted molar refractivity (Wildman–Crippen MR) is 83.4 cm³/mol. The van der Waals surface area contributed by atoms with E-state index in [-0.39, 0.29) is 0 Å². The van der Waals surface area contributed by atoms with Gasteiger partial charge in [0.25, 0.3) is 0 Å². The number of methoxy groups -OCH3 is 2. The smallest absolute Gasteiger partial charge is 0.141 e. The first kappa shape index (κ1) is 15.9. The van der Waals surface area contributed by atoms with Gasteiger partial charge in [-0.1, -0.05) is 6.07 Å². The lowest BCUT2D eigenvalue weighted by atomic mass is 10.2. The van der Waals surface area contributed by atoms with E-state index in [1.165, 1.54) is 0 Å². The highest BCUT2D eigenvalue weighted by Crippen LogP contribution is 2.25. The Bertz CT molecular complexity index is 574. The molecule has 7 heteroatoms.